The molecular weight excluding hydrogens is 1010 g/mol. The molecule has 0 amide bonds. The van der Waals surface area contributed by atoms with Gasteiger partial charge in [0.25, 0.3) is 0 Å². The second kappa shape index (κ2) is 20.1. The summed E-state index contributed by atoms with van der Waals surface area (Å²) < 4.78 is 9.33. The van der Waals surface area contributed by atoms with Gasteiger partial charge >= 0.3 is 0 Å². The van der Waals surface area contributed by atoms with Crippen LogP contribution in [0.1, 0.15) is 59.6 Å². The topological polar surface area (TPSA) is 33.5 Å². The monoisotopic (exact) mass is 1070 g/mol. The minimum atomic E-state index is -0.273. The third-order valence-corrected chi connectivity index (χ3v) is 18.0. The maximum atomic E-state index is 7.05. The minimum absolute atomic E-state index is 0.0315. The summed E-state index contributed by atoms with van der Waals surface area (Å²) in [5, 5.41) is 2.34. The van der Waals surface area contributed by atoms with Gasteiger partial charge in [-0.15, -0.1) is 0 Å². The van der Waals surface area contributed by atoms with Crippen LogP contribution in [0.4, 0.5) is 11.4 Å². The summed E-state index contributed by atoms with van der Waals surface area (Å²) in [6.07, 6.45) is 4.39. The first kappa shape index (κ1) is 51.4. The van der Waals surface area contributed by atoms with E-state index in [2.05, 4.69) is 318 Å². The molecule has 0 spiro atoms. The Bertz CT molecular complexity index is 4210. The zero-order valence-corrected chi connectivity index (χ0v) is 48.2. The lowest BCUT2D eigenvalue weighted by Crippen LogP contribution is -2.48. The number of aromatic nitrogens is 2. The Labute approximate surface area is 488 Å². The number of anilines is 2. The number of hydrogen-bond acceptors (Lipinski definition) is 4. The van der Waals surface area contributed by atoms with Crippen LogP contribution in [0.15, 0.2) is 267 Å². The standard InChI is InChI=1S/C78H66N4O/c1-76(2,3)62-39-40-79-74(47-62)82-70-34-21-20-31-67(70)68-37-35-63(48-71(68)82)83-64-36-38-69-72(49-64)81-51-80(50-73(81)78(6,7)77(69,4)5)75-65(60-43-56(52-23-12-8-13-24-52)41-57(44-60)53-25-14-9-15-26-53)32-22-33-66(75)61-45-58(54-27-16-10-17-28-54)42-59(46-61)55-29-18-11-19-30-55/h8-50H,51H2,1-7H3. The van der Waals surface area contributed by atoms with Gasteiger partial charge in [-0.25, -0.2) is 4.98 Å². The molecular formula is C78H66N4O. The molecule has 0 fully saturated rings. The molecule has 12 aromatic rings. The quantitative estimate of drug-likeness (QED) is 0.137. The Balaban J connectivity index is 0.928. The summed E-state index contributed by atoms with van der Waals surface area (Å²) >= 11 is 0. The van der Waals surface area contributed by atoms with Gasteiger partial charge in [0, 0.05) is 63.0 Å². The third kappa shape index (κ3) is 9.08. The lowest BCUT2D eigenvalue weighted by Gasteiger charge is -2.51. The van der Waals surface area contributed by atoms with E-state index < -0.39 is 0 Å². The molecule has 2 aromatic heterocycles. The molecule has 0 radical (unpaired) electrons. The van der Waals surface area contributed by atoms with Crippen molar-refractivity contribution in [1.29, 1.82) is 0 Å². The first-order chi connectivity index (χ1) is 40.3. The normalized spacial score (nSPS) is 14.4. The van der Waals surface area contributed by atoms with E-state index in [0.29, 0.717) is 6.67 Å². The molecule has 0 N–H and O–H groups in total. The molecule has 0 aliphatic carbocycles. The van der Waals surface area contributed by atoms with Gasteiger partial charge in [-0.3, -0.25) is 4.57 Å². The molecule has 2 aliphatic rings. The molecule has 5 heteroatoms. The van der Waals surface area contributed by atoms with Crippen molar-refractivity contribution in [2.75, 3.05) is 16.5 Å². The van der Waals surface area contributed by atoms with E-state index in [0.717, 1.165) is 67.4 Å². The van der Waals surface area contributed by atoms with Gasteiger partial charge in [0.2, 0.25) is 0 Å². The molecule has 2 aliphatic heterocycles. The maximum absolute atomic E-state index is 7.05. The van der Waals surface area contributed by atoms with Gasteiger partial charge in [-0.05, 0) is 145 Å². The summed E-state index contributed by atoms with van der Waals surface area (Å²) in [5.74, 6) is 2.44. The van der Waals surface area contributed by atoms with Gasteiger partial charge < -0.3 is 14.5 Å². The van der Waals surface area contributed by atoms with Crippen LogP contribution >= 0.6 is 0 Å². The van der Waals surface area contributed by atoms with E-state index in [1.807, 2.05) is 6.20 Å². The second-order valence-electron chi connectivity index (χ2n) is 24.5. The first-order valence-corrected chi connectivity index (χ1v) is 29.0. The van der Waals surface area contributed by atoms with Crippen LogP contribution in [-0.2, 0) is 10.8 Å². The molecule has 0 saturated heterocycles. The number of hydrogen-bond donors (Lipinski definition) is 0. The Hall–Kier alpha value is -9.71. The summed E-state index contributed by atoms with van der Waals surface area (Å²) in [6.45, 7) is 17.0. The number of para-hydroxylation sites is 2. The fraction of sp³-hybridized carbons (Fsp3) is 0.141. The maximum Gasteiger partial charge on any atom is 0.137 e. The van der Waals surface area contributed by atoms with Crippen molar-refractivity contribution in [1.82, 2.24) is 9.55 Å². The molecule has 4 heterocycles. The fourth-order valence-corrected chi connectivity index (χ4v) is 12.8. The van der Waals surface area contributed by atoms with E-state index in [9.17, 15) is 0 Å². The zero-order valence-electron chi connectivity index (χ0n) is 48.2. The van der Waals surface area contributed by atoms with E-state index in [1.165, 1.54) is 66.7 Å². The van der Waals surface area contributed by atoms with Crippen LogP contribution in [0.5, 0.6) is 11.5 Å². The highest BCUT2D eigenvalue weighted by Gasteiger charge is 2.51. The van der Waals surface area contributed by atoms with E-state index in [1.54, 1.807) is 0 Å². The molecule has 5 nitrogen and oxygen atoms in total. The highest BCUT2D eigenvalue weighted by molar-refractivity contribution is 6.09. The Kier molecular flexibility index (Phi) is 12.4. The molecule has 14 rings (SSSR count). The molecule has 10 aromatic carbocycles. The lowest BCUT2D eigenvalue weighted by atomic mass is 9.60. The van der Waals surface area contributed by atoms with Crippen LogP contribution in [0.3, 0.4) is 0 Å². The molecule has 0 bridgehead atoms. The number of pyridine rings is 1. The number of allylic oxidation sites excluding steroid dienone is 1. The number of fused-ring (bicyclic) bond motifs is 6. The van der Waals surface area contributed by atoms with Crippen molar-refractivity contribution in [3.63, 3.8) is 0 Å². The average molecular weight is 1080 g/mol. The lowest BCUT2D eigenvalue weighted by molar-refractivity contribution is 0.235. The predicted molar refractivity (Wildman–Crippen MR) is 348 cm³/mol. The average Bonchev–Trinajstić information content (AvgIpc) is 2.46. The summed E-state index contributed by atoms with van der Waals surface area (Å²) in [6, 6.07) is 90.5. The van der Waals surface area contributed by atoms with Crippen molar-refractivity contribution < 1.29 is 4.74 Å². The number of ether oxygens (including phenoxy) is 1. The minimum Gasteiger partial charge on any atom is -0.457 e. The molecule has 404 valence electrons. The molecule has 83 heavy (non-hydrogen) atoms. The summed E-state index contributed by atoms with van der Waals surface area (Å²) in [4.78, 5) is 10.0. The van der Waals surface area contributed by atoms with Gasteiger partial charge in [-0.2, -0.15) is 0 Å². The predicted octanol–water partition coefficient (Wildman–Crippen LogP) is 20.7. The van der Waals surface area contributed by atoms with Gasteiger partial charge in [-0.1, -0.05) is 212 Å². The van der Waals surface area contributed by atoms with Crippen molar-refractivity contribution in [2.24, 2.45) is 5.41 Å². The fourth-order valence-electron chi connectivity index (χ4n) is 12.8. The Morgan fingerprint density at radius 1 is 0.422 bits per heavy atom. The Morgan fingerprint density at radius 3 is 1.45 bits per heavy atom. The number of benzene rings is 10. The van der Waals surface area contributed by atoms with E-state index in [-0.39, 0.29) is 16.2 Å². The SMILES string of the molecule is CC(C)(C)c1ccnc(-n2c3ccccc3c3ccc(Oc4ccc5c(c4)N4CN(c6c(-c7cc(-c8ccccc8)cc(-c8ccccc8)c7)cccc6-c6cc(-c7ccccc7)cc(-c7ccccc7)c6)C=C4C(C)(C)C5(C)C)cc32)c1. The summed E-state index contributed by atoms with van der Waals surface area (Å²) in [5.41, 5.74) is 21.7. The van der Waals surface area contributed by atoms with Gasteiger partial charge in [0.05, 0.1) is 29.1 Å². The molecule has 0 saturated carbocycles. The number of rotatable bonds is 10. The van der Waals surface area contributed by atoms with E-state index in [4.69, 9.17) is 9.72 Å². The molecule has 0 unspecified atom stereocenters. The van der Waals surface area contributed by atoms with Crippen molar-refractivity contribution >= 4 is 33.2 Å². The van der Waals surface area contributed by atoms with E-state index >= 15 is 0 Å². The smallest absolute Gasteiger partial charge is 0.137 e. The van der Waals surface area contributed by atoms with Crippen molar-refractivity contribution in [3.8, 4) is 84.1 Å². The van der Waals surface area contributed by atoms with Crippen LogP contribution in [0.25, 0.3) is 94.4 Å². The van der Waals surface area contributed by atoms with Crippen LogP contribution in [0.2, 0.25) is 0 Å². The van der Waals surface area contributed by atoms with Crippen LogP contribution in [-0.4, -0.2) is 16.2 Å². The third-order valence-electron chi connectivity index (χ3n) is 18.0. The number of nitrogens with zero attached hydrogens (tertiary/aromatic N) is 4. The van der Waals surface area contributed by atoms with Crippen molar-refractivity contribution in [3.05, 3.63) is 278 Å². The van der Waals surface area contributed by atoms with Crippen LogP contribution in [0, 0.1) is 5.41 Å². The second-order valence-corrected chi connectivity index (χ2v) is 24.5. The van der Waals surface area contributed by atoms with Crippen LogP contribution < -0.4 is 14.5 Å². The largest absolute Gasteiger partial charge is 0.457 e. The highest BCUT2D eigenvalue weighted by Crippen LogP contribution is 2.58. The Morgan fingerprint density at radius 2 is 0.904 bits per heavy atom. The van der Waals surface area contributed by atoms with Gasteiger partial charge in [0.1, 0.15) is 17.3 Å². The first-order valence-electron chi connectivity index (χ1n) is 29.0. The zero-order chi connectivity index (χ0) is 56.6. The van der Waals surface area contributed by atoms with Gasteiger partial charge in [0.15, 0.2) is 0 Å². The highest BCUT2D eigenvalue weighted by atomic mass is 16.5. The molecule has 0 atom stereocenters. The van der Waals surface area contributed by atoms with Crippen molar-refractivity contribution in [2.45, 2.75) is 59.3 Å². The summed E-state index contributed by atoms with van der Waals surface area (Å²) in [7, 11) is 0.